The highest BCUT2D eigenvalue weighted by Crippen LogP contribution is 2.38. The average Bonchev–Trinajstić information content (AvgIpc) is 3.51. The molecule has 0 aliphatic heterocycles. The molecule has 1 heteroatoms. The van der Waals surface area contributed by atoms with Gasteiger partial charge in [-0.15, -0.1) is 0 Å². The topological polar surface area (TPSA) is 4.93 Å². The Bertz CT molecular complexity index is 2850. The molecule has 0 unspecified atom stereocenters. The van der Waals surface area contributed by atoms with Crippen LogP contribution in [0.4, 0.5) is 0 Å². The first-order chi connectivity index (χ1) is 24.3. The van der Waals surface area contributed by atoms with Crippen molar-refractivity contribution in [1.29, 1.82) is 0 Å². The molecule has 0 saturated carbocycles. The molecule has 0 N–H and O–H groups in total. The standard InChI is InChI=1S/C48H31N/c1-3-13-39-33(10-1)12-9-18-40(39)34-22-20-32(21-23-34)36-26-29-48-46(30-36)44-17-7-8-19-47(44)49(48)38-27-24-35(25-28-38)45-31-37-11-2-4-14-41(37)42-15-5-6-16-43(42)45/h1-31H. The fraction of sp³-hybridized carbons (Fsp3) is 0. The summed E-state index contributed by atoms with van der Waals surface area (Å²) in [5, 5.41) is 10.2. The lowest BCUT2D eigenvalue weighted by molar-refractivity contribution is 1.18. The quantitative estimate of drug-likeness (QED) is 0.172. The van der Waals surface area contributed by atoms with Gasteiger partial charge in [-0.25, -0.2) is 0 Å². The second-order valence-corrected chi connectivity index (χ2v) is 12.9. The monoisotopic (exact) mass is 621 g/mol. The molecule has 9 aromatic carbocycles. The van der Waals surface area contributed by atoms with E-state index in [4.69, 9.17) is 0 Å². The van der Waals surface area contributed by atoms with Crippen LogP contribution in [0.5, 0.6) is 0 Å². The van der Waals surface area contributed by atoms with Crippen molar-refractivity contribution in [1.82, 2.24) is 4.57 Å². The number of hydrogen-bond acceptors (Lipinski definition) is 0. The molecule has 1 aromatic heterocycles. The smallest absolute Gasteiger partial charge is 0.0541 e. The van der Waals surface area contributed by atoms with Crippen LogP contribution in [0.15, 0.2) is 188 Å². The summed E-state index contributed by atoms with van der Waals surface area (Å²) in [6.45, 7) is 0. The van der Waals surface area contributed by atoms with Crippen LogP contribution in [0.2, 0.25) is 0 Å². The van der Waals surface area contributed by atoms with Gasteiger partial charge in [-0.1, -0.05) is 152 Å². The van der Waals surface area contributed by atoms with Gasteiger partial charge < -0.3 is 4.57 Å². The molecule has 49 heavy (non-hydrogen) atoms. The minimum Gasteiger partial charge on any atom is -0.309 e. The fourth-order valence-electron chi connectivity index (χ4n) is 7.83. The zero-order valence-electron chi connectivity index (χ0n) is 26.8. The predicted octanol–water partition coefficient (Wildman–Crippen LogP) is 13.2. The molecule has 0 aliphatic rings. The van der Waals surface area contributed by atoms with E-state index in [0.717, 1.165) is 5.69 Å². The van der Waals surface area contributed by atoms with Gasteiger partial charge >= 0.3 is 0 Å². The highest BCUT2D eigenvalue weighted by molar-refractivity contribution is 6.14. The van der Waals surface area contributed by atoms with E-state index in [1.807, 2.05) is 0 Å². The fourth-order valence-corrected chi connectivity index (χ4v) is 7.83. The molecule has 0 amide bonds. The van der Waals surface area contributed by atoms with Crippen molar-refractivity contribution in [3.63, 3.8) is 0 Å². The molecule has 10 rings (SSSR count). The summed E-state index contributed by atoms with van der Waals surface area (Å²) < 4.78 is 2.40. The SMILES string of the molecule is c1ccc2c(-c3ccc(-c4ccc5c(c4)c4ccccc4n5-c4ccc(-c5cc6ccccc6c6ccccc56)cc4)cc3)cccc2c1. The molecule has 0 saturated heterocycles. The number of nitrogens with zero attached hydrogens (tertiary/aromatic N) is 1. The Balaban J connectivity index is 1.05. The Morgan fingerprint density at radius 3 is 1.63 bits per heavy atom. The van der Waals surface area contributed by atoms with E-state index >= 15 is 0 Å². The van der Waals surface area contributed by atoms with E-state index in [2.05, 4.69) is 193 Å². The average molecular weight is 622 g/mol. The minimum absolute atomic E-state index is 1.16. The lowest BCUT2D eigenvalue weighted by atomic mass is 9.93. The Kier molecular flexibility index (Phi) is 6.25. The van der Waals surface area contributed by atoms with Crippen molar-refractivity contribution in [3.05, 3.63) is 188 Å². The van der Waals surface area contributed by atoms with Crippen molar-refractivity contribution in [2.24, 2.45) is 0 Å². The van der Waals surface area contributed by atoms with Crippen molar-refractivity contribution in [2.45, 2.75) is 0 Å². The Morgan fingerprint density at radius 1 is 0.265 bits per heavy atom. The van der Waals surface area contributed by atoms with Crippen LogP contribution in [-0.4, -0.2) is 4.57 Å². The predicted molar refractivity (Wildman–Crippen MR) is 210 cm³/mol. The van der Waals surface area contributed by atoms with E-state index < -0.39 is 0 Å². The van der Waals surface area contributed by atoms with Crippen LogP contribution in [0.1, 0.15) is 0 Å². The summed E-state index contributed by atoms with van der Waals surface area (Å²) in [5.41, 5.74) is 11.0. The van der Waals surface area contributed by atoms with E-state index in [-0.39, 0.29) is 0 Å². The number of aromatic nitrogens is 1. The van der Waals surface area contributed by atoms with Crippen molar-refractivity contribution < 1.29 is 0 Å². The lowest BCUT2D eigenvalue weighted by Crippen LogP contribution is -1.94. The second-order valence-electron chi connectivity index (χ2n) is 12.9. The highest BCUT2D eigenvalue weighted by atomic mass is 15.0. The van der Waals surface area contributed by atoms with Crippen molar-refractivity contribution in [3.8, 4) is 39.1 Å². The number of para-hydroxylation sites is 1. The molecule has 10 aromatic rings. The first-order valence-corrected chi connectivity index (χ1v) is 16.9. The van der Waals surface area contributed by atoms with Crippen molar-refractivity contribution in [2.75, 3.05) is 0 Å². The molecular weight excluding hydrogens is 591 g/mol. The van der Waals surface area contributed by atoms with Gasteiger partial charge in [0.05, 0.1) is 11.0 Å². The largest absolute Gasteiger partial charge is 0.309 e. The van der Waals surface area contributed by atoms with E-state index in [1.54, 1.807) is 0 Å². The van der Waals surface area contributed by atoms with Crippen LogP contribution in [0, 0.1) is 0 Å². The van der Waals surface area contributed by atoms with Gasteiger partial charge in [-0.05, 0) is 102 Å². The van der Waals surface area contributed by atoms with Gasteiger partial charge in [0.15, 0.2) is 0 Å². The third-order valence-electron chi connectivity index (χ3n) is 10.2. The summed E-state index contributed by atoms with van der Waals surface area (Å²) in [5.74, 6) is 0. The lowest BCUT2D eigenvalue weighted by Gasteiger charge is -2.13. The summed E-state index contributed by atoms with van der Waals surface area (Å²) in [4.78, 5) is 0. The number of rotatable bonds is 4. The van der Waals surface area contributed by atoms with Gasteiger partial charge in [0.1, 0.15) is 0 Å². The van der Waals surface area contributed by atoms with Gasteiger partial charge in [-0.3, -0.25) is 0 Å². The molecule has 0 aliphatic carbocycles. The Labute approximate surface area is 284 Å². The summed E-state index contributed by atoms with van der Waals surface area (Å²) in [7, 11) is 0. The van der Waals surface area contributed by atoms with Crippen molar-refractivity contribution >= 4 is 54.1 Å². The van der Waals surface area contributed by atoms with Crippen LogP contribution in [-0.2, 0) is 0 Å². The summed E-state index contributed by atoms with van der Waals surface area (Å²) in [6, 6.07) is 68.7. The molecule has 0 spiro atoms. The molecule has 1 heterocycles. The zero-order valence-corrected chi connectivity index (χ0v) is 26.8. The number of benzene rings is 9. The summed E-state index contributed by atoms with van der Waals surface area (Å²) in [6.07, 6.45) is 0. The molecule has 0 radical (unpaired) electrons. The van der Waals surface area contributed by atoms with E-state index in [0.29, 0.717) is 0 Å². The molecular formula is C48H31N. The van der Waals surface area contributed by atoms with Crippen LogP contribution in [0.3, 0.4) is 0 Å². The van der Waals surface area contributed by atoms with E-state index in [1.165, 1.54) is 87.5 Å². The van der Waals surface area contributed by atoms with Crippen LogP contribution >= 0.6 is 0 Å². The molecule has 228 valence electrons. The number of fused-ring (bicyclic) bond motifs is 7. The highest BCUT2D eigenvalue weighted by Gasteiger charge is 2.15. The second kappa shape index (κ2) is 11.1. The van der Waals surface area contributed by atoms with Gasteiger partial charge in [0.2, 0.25) is 0 Å². The first-order valence-electron chi connectivity index (χ1n) is 16.9. The molecule has 0 atom stereocenters. The number of hydrogen-bond donors (Lipinski definition) is 0. The normalized spacial score (nSPS) is 11.7. The van der Waals surface area contributed by atoms with E-state index in [9.17, 15) is 0 Å². The maximum absolute atomic E-state index is 2.40. The van der Waals surface area contributed by atoms with Gasteiger partial charge in [0, 0.05) is 16.5 Å². The van der Waals surface area contributed by atoms with Crippen LogP contribution < -0.4 is 0 Å². The maximum Gasteiger partial charge on any atom is 0.0541 e. The molecule has 0 bridgehead atoms. The minimum atomic E-state index is 1.16. The third kappa shape index (κ3) is 4.47. The van der Waals surface area contributed by atoms with Gasteiger partial charge in [-0.2, -0.15) is 0 Å². The Hall–Kier alpha value is -6.44. The molecule has 1 nitrogen and oxygen atoms in total. The third-order valence-corrected chi connectivity index (χ3v) is 10.2. The first kappa shape index (κ1) is 27.7. The van der Waals surface area contributed by atoms with Crippen LogP contribution in [0.25, 0.3) is 93.2 Å². The maximum atomic E-state index is 2.40. The summed E-state index contributed by atoms with van der Waals surface area (Å²) >= 11 is 0. The van der Waals surface area contributed by atoms with Gasteiger partial charge in [0.25, 0.3) is 0 Å². The zero-order chi connectivity index (χ0) is 32.3. The Morgan fingerprint density at radius 2 is 0.816 bits per heavy atom. The molecule has 0 fully saturated rings.